The molecule has 0 saturated heterocycles. The number of halogens is 7. The van der Waals surface area contributed by atoms with Crippen molar-refractivity contribution >= 4 is 51.9 Å². The van der Waals surface area contributed by atoms with E-state index < -0.39 is 35.1 Å². The number of hydrogen-bond acceptors (Lipinski definition) is 5. The third-order valence-electron chi connectivity index (χ3n) is 4.56. The largest absolute Gasteiger partial charge is 0.490 e. The molecular weight excluding hydrogens is 540 g/mol. The number of carboxylic acid groups (broad SMARTS) is 1. The van der Waals surface area contributed by atoms with Gasteiger partial charge in [0, 0.05) is 12.2 Å². The van der Waals surface area contributed by atoms with Crippen molar-refractivity contribution in [1.29, 1.82) is 0 Å². The normalized spacial score (nSPS) is 13.3. The van der Waals surface area contributed by atoms with Crippen molar-refractivity contribution < 1.29 is 45.8 Å². The summed E-state index contributed by atoms with van der Waals surface area (Å²) in [6.45, 7) is 2.56. The van der Waals surface area contributed by atoms with E-state index in [2.05, 4.69) is 10.3 Å². The summed E-state index contributed by atoms with van der Waals surface area (Å²) in [6.07, 6.45) is -7.98. The highest BCUT2D eigenvalue weighted by Crippen LogP contribution is 2.32. The summed E-state index contributed by atoms with van der Waals surface area (Å²) in [5.41, 5.74) is 1.86. The van der Waals surface area contributed by atoms with E-state index in [1.54, 1.807) is 4.90 Å². The van der Waals surface area contributed by atoms with Gasteiger partial charge >= 0.3 is 18.3 Å². The molecule has 2 heterocycles. The van der Waals surface area contributed by atoms with Gasteiger partial charge in [0.05, 0.1) is 11.4 Å². The highest BCUT2D eigenvalue weighted by Gasteiger charge is 2.38. The van der Waals surface area contributed by atoms with Gasteiger partial charge in [-0.25, -0.2) is 9.78 Å². The number of anilines is 2. The molecule has 0 unspecified atom stereocenters. The number of thioether (sulfide) groups is 1. The van der Waals surface area contributed by atoms with Crippen molar-refractivity contribution in [2.24, 2.45) is 0 Å². The van der Waals surface area contributed by atoms with Crippen LogP contribution in [0.2, 0.25) is 5.15 Å². The molecule has 0 aliphatic carbocycles. The summed E-state index contributed by atoms with van der Waals surface area (Å²) in [7, 11) is 0. The Bertz CT molecular complexity index is 1140. The number of hydrogen-bond donors (Lipinski definition) is 2. The number of aliphatic carboxylic acids is 1. The van der Waals surface area contributed by atoms with Crippen LogP contribution in [0.15, 0.2) is 30.3 Å². The van der Waals surface area contributed by atoms with E-state index in [-0.39, 0.29) is 16.7 Å². The molecular formula is C21H18ClF6N3O4S. The summed E-state index contributed by atoms with van der Waals surface area (Å²) in [5, 5.41) is 8.78. The van der Waals surface area contributed by atoms with Gasteiger partial charge < -0.3 is 15.3 Å². The van der Waals surface area contributed by atoms with Crippen LogP contribution in [0.5, 0.6) is 0 Å². The molecule has 0 saturated carbocycles. The Labute approximate surface area is 209 Å². The molecule has 0 fully saturated rings. The fourth-order valence-corrected chi connectivity index (χ4v) is 3.87. The van der Waals surface area contributed by atoms with Crippen molar-refractivity contribution in [3.63, 3.8) is 0 Å². The van der Waals surface area contributed by atoms with Crippen molar-refractivity contribution in [2.45, 2.75) is 32.1 Å². The summed E-state index contributed by atoms with van der Waals surface area (Å²) < 4.78 is 69.6. The average molecular weight is 558 g/mol. The van der Waals surface area contributed by atoms with E-state index in [0.29, 0.717) is 6.54 Å². The molecule has 1 aliphatic rings. The molecule has 1 aromatic carbocycles. The third-order valence-corrected chi connectivity index (χ3v) is 5.72. The molecule has 0 spiro atoms. The fraction of sp³-hybridized carbons (Fsp3) is 0.333. The van der Waals surface area contributed by atoms with Gasteiger partial charge in [-0.2, -0.15) is 26.3 Å². The van der Waals surface area contributed by atoms with Gasteiger partial charge in [-0.3, -0.25) is 9.59 Å². The van der Waals surface area contributed by atoms with Crippen molar-refractivity contribution in [1.82, 2.24) is 4.98 Å². The van der Waals surface area contributed by atoms with Gasteiger partial charge in [0.15, 0.2) is 5.15 Å². The van der Waals surface area contributed by atoms with E-state index in [1.165, 1.54) is 0 Å². The van der Waals surface area contributed by atoms with Crippen LogP contribution in [0.3, 0.4) is 0 Å². The van der Waals surface area contributed by atoms with E-state index in [0.717, 1.165) is 53.6 Å². The van der Waals surface area contributed by atoms with Crippen molar-refractivity contribution in [2.75, 3.05) is 22.5 Å². The Hall–Kier alpha value is -3.00. The lowest BCUT2D eigenvalue weighted by molar-refractivity contribution is -0.192. The maximum atomic E-state index is 12.6. The molecule has 7 nitrogen and oxygen atoms in total. The Morgan fingerprint density at radius 1 is 1.14 bits per heavy atom. The summed E-state index contributed by atoms with van der Waals surface area (Å²) in [4.78, 5) is 38.5. The minimum absolute atomic E-state index is 0.0449. The topological polar surface area (TPSA) is 99.6 Å². The monoisotopic (exact) mass is 557 g/mol. The lowest BCUT2D eigenvalue weighted by Crippen LogP contribution is -2.33. The molecule has 3 rings (SSSR count). The zero-order chi connectivity index (χ0) is 27.3. The molecule has 36 heavy (non-hydrogen) atoms. The summed E-state index contributed by atoms with van der Waals surface area (Å²) in [5.74, 6) is -3.52. The van der Waals surface area contributed by atoms with Gasteiger partial charge in [0.2, 0.25) is 5.91 Å². The summed E-state index contributed by atoms with van der Waals surface area (Å²) in [6, 6.07) is 7.64. The van der Waals surface area contributed by atoms with Crippen LogP contribution in [0.25, 0.3) is 0 Å². The first-order valence-corrected chi connectivity index (χ1v) is 11.3. The molecule has 2 amide bonds. The molecule has 0 bridgehead atoms. The number of nitrogens with zero attached hydrogens (tertiary/aromatic N) is 2. The number of aromatic nitrogens is 1. The minimum Gasteiger partial charge on any atom is -0.475 e. The zero-order valence-electron chi connectivity index (χ0n) is 18.3. The second-order valence-electron chi connectivity index (χ2n) is 7.33. The number of fused-ring (bicyclic) bond motifs is 1. The molecule has 1 aliphatic heterocycles. The lowest BCUT2D eigenvalue weighted by atomic mass is 10.0. The standard InChI is InChI=1S/C19H17ClF3N3O2S.C2HF3O2/c1-11-4-6-14-12(9-11)3-2-8-26(14)18(28)29-10-16(27)24-13-5-7-15(19(21,22)23)25-17(13)20;3-2(4,5)1(6)7/h4-7,9H,2-3,8,10H2,1H3,(H,24,27);(H,6,7). The quantitative estimate of drug-likeness (QED) is 0.358. The number of nitrogens with one attached hydrogen (secondary N) is 1. The van der Waals surface area contributed by atoms with Crippen LogP contribution in [0.1, 0.15) is 23.2 Å². The predicted octanol–water partition coefficient (Wildman–Crippen LogP) is 5.94. The highest BCUT2D eigenvalue weighted by atomic mass is 35.5. The summed E-state index contributed by atoms with van der Waals surface area (Å²) >= 11 is 6.55. The van der Waals surface area contributed by atoms with Gasteiger partial charge in [-0.1, -0.05) is 41.1 Å². The van der Waals surface area contributed by atoms with E-state index in [1.807, 2.05) is 25.1 Å². The van der Waals surface area contributed by atoms with Gasteiger partial charge in [-0.15, -0.1) is 0 Å². The number of carbonyl (C=O) groups is 3. The van der Waals surface area contributed by atoms with E-state index in [4.69, 9.17) is 21.5 Å². The van der Waals surface area contributed by atoms with Crippen LogP contribution in [-0.4, -0.2) is 45.7 Å². The van der Waals surface area contributed by atoms with E-state index >= 15 is 0 Å². The third kappa shape index (κ3) is 8.29. The van der Waals surface area contributed by atoms with Gasteiger partial charge in [0.25, 0.3) is 5.24 Å². The maximum absolute atomic E-state index is 12.6. The average Bonchev–Trinajstić information content (AvgIpc) is 2.77. The molecule has 0 atom stereocenters. The van der Waals surface area contributed by atoms with Gasteiger partial charge in [0.1, 0.15) is 5.69 Å². The number of alkyl halides is 6. The van der Waals surface area contributed by atoms with Crippen LogP contribution < -0.4 is 10.2 Å². The molecule has 196 valence electrons. The van der Waals surface area contributed by atoms with Crippen molar-refractivity contribution in [3.05, 3.63) is 52.3 Å². The molecule has 15 heteroatoms. The Morgan fingerprint density at radius 3 is 2.33 bits per heavy atom. The Balaban J connectivity index is 0.000000572. The first-order chi connectivity index (χ1) is 16.6. The number of carboxylic acids is 1. The SMILES string of the molecule is Cc1ccc2c(c1)CCCN2C(=O)SCC(=O)Nc1ccc(C(F)(F)F)nc1Cl.O=C(O)C(F)(F)F. The maximum Gasteiger partial charge on any atom is 0.490 e. The van der Waals surface area contributed by atoms with E-state index in [9.17, 15) is 35.9 Å². The smallest absolute Gasteiger partial charge is 0.475 e. The van der Waals surface area contributed by atoms with Gasteiger partial charge in [-0.05, 0) is 43.5 Å². The van der Waals surface area contributed by atoms with Crippen LogP contribution >= 0.6 is 23.4 Å². The lowest BCUT2D eigenvalue weighted by Gasteiger charge is -2.29. The first-order valence-electron chi connectivity index (χ1n) is 9.97. The number of benzene rings is 1. The molecule has 0 radical (unpaired) electrons. The number of amides is 2. The Kier molecular flexibility index (Phi) is 9.60. The second kappa shape index (κ2) is 11.8. The highest BCUT2D eigenvalue weighted by molar-refractivity contribution is 8.14. The van der Waals surface area contributed by atoms with Crippen LogP contribution in [0, 0.1) is 6.92 Å². The number of pyridine rings is 1. The number of rotatable bonds is 3. The first kappa shape index (κ1) is 29.2. The predicted molar refractivity (Wildman–Crippen MR) is 121 cm³/mol. The molecule has 1 aromatic heterocycles. The zero-order valence-corrected chi connectivity index (χ0v) is 19.9. The van der Waals surface area contributed by atoms with Crippen molar-refractivity contribution in [3.8, 4) is 0 Å². The second-order valence-corrected chi connectivity index (χ2v) is 8.61. The Morgan fingerprint density at radius 2 is 1.78 bits per heavy atom. The van der Waals surface area contributed by atoms with Crippen LogP contribution in [0.4, 0.5) is 42.5 Å². The van der Waals surface area contributed by atoms with Crippen LogP contribution in [-0.2, 0) is 22.2 Å². The fourth-order valence-electron chi connectivity index (χ4n) is 2.99. The molecule has 2 N–H and O–H groups in total. The number of aryl methyl sites for hydroxylation is 2. The molecule has 2 aromatic rings. The minimum atomic E-state index is -5.08. The number of carbonyl (C=O) groups excluding carboxylic acids is 2.